The molecule has 4 rings (SSSR count). The number of carbonyl (C=O) groups is 1. The maximum absolute atomic E-state index is 12.8. The van der Waals surface area contributed by atoms with Crippen molar-refractivity contribution in [1.82, 2.24) is 19.6 Å². The van der Waals surface area contributed by atoms with Crippen molar-refractivity contribution in [3.63, 3.8) is 0 Å². The lowest BCUT2D eigenvalue weighted by Crippen LogP contribution is -2.36. The molecule has 3 heterocycles. The molecule has 1 amide bonds. The molecule has 0 saturated heterocycles. The number of rotatable bonds is 5. The van der Waals surface area contributed by atoms with Crippen LogP contribution in [0.3, 0.4) is 0 Å². The van der Waals surface area contributed by atoms with Crippen LogP contribution in [0.2, 0.25) is 0 Å². The number of hydrogen-bond donors (Lipinski definition) is 1. The second-order valence-corrected chi connectivity index (χ2v) is 7.43. The van der Waals surface area contributed by atoms with Crippen molar-refractivity contribution in [3.8, 4) is 0 Å². The van der Waals surface area contributed by atoms with E-state index in [1.807, 2.05) is 34.7 Å². The van der Waals surface area contributed by atoms with E-state index in [2.05, 4.69) is 35.4 Å². The van der Waals surface area contributed by atoms with Gasteiger partial charge in [0.2, 0.25) is 5.91 Å². The fraction of sp³-hybridized carbons (Fsp3) is 0.381. The number of fused-ring (bicyclic) bond motifs is 1. The van der Waals surface area contributed by atoms with E-state index in [0.29, 0.717) is 31.7 Å². The predicted octanol–water partition coefficient (Wildman–Crippen LogP) is 3.77. The lowest BCUT2D eigenvalue weighted by Gasteiger charge is -2.27. The molecule has 1 aliphatic rings. The Labute approximate surface area is 164 Å². The van der Waals surface area contributed by atoms with E-state index in [1.165, 1.54) is 11.1 Å². The van der Waals surface area contributed by atoms with Crippen LogP contribution >= 0.6 is 0 Å². The third kappa shape index (κ3) is 3.52. The van der Waals surface area contributed by atoms with Crippen LogP contribution in [0.1, 0.15) is 41.8 Å². The van der Waals surface area contributed by atoms with Gasteiger partial charge < -0.3 is 19.3 Å². The number of benzene rings is 1. The van der Waals surface area contributed by atoms with Crippen LogP contribution in [0.4, 0.5) is 11.5 Å². The summed E-state index contributed by atoms with van der Waals surface area (Å²) in [6, 6.07) is 6.21. The second kappa shape index (κ2) is 7.50. The number of nitrogens with zero attached hydrogens (tertiary/aromatic N) is 4. The average molecular weight is 379 g/mol. The molecule has 146 valence electrons. The largest absolute Gasteiger partial charge is 0.359 e. The number of hydrogen-bond acceptors (Lipinski definition) is 5. The zero-order chi connectivity index (χ0) is 19.7. The Morgan fingerprint density at radius 2 is 2.21 bits per heavy atom. The van der Waals surface area contributed by atoms with Crippen molar-refractivity contribution >= 4 is 17.4 Å². The molecule has 0 saturated carbocycles. The highest BCUT2D eigenvalue weighted by Gasteiger charge is 2.28. The molecule has 1 aromatic carbocycles. The number of anilines is 2. The van der Waals surface area contributed by atoms with E-state index in [-0.39, 0.29) is 11.9 Å². The topological polar surface area (TPSA) is 76.2 Å². The first kappa shape index (κ1) is 18.3. The molecule has 0 radical (unpaired) electrons. The predicted molar refractivity (Wildman–Crippen MR) is 106 cm³/mol. The lowest BCUT2D eigenvalue weighted by atomic mass is 10.1. The number of amides is 1. The van der Waals surface area contributed by atoms with Gasteiger partial charge in [-0.15, -0.1) is 0 Å². The molecule has 3 aromatic rings. The molecule has 7 nitrogen and oxygen atoms in total. The molecular formula is C21H25N5O2. The van der Waals surface area contributed by atoms with Crippen molar-refractivity contribution in [2.45, 2.75) is 46.2 Å². The van der Waals surface area contributed by atoms with E-state index in [0.717, 1.165) is 17.0 Å². The van der Waals surface area contributed by atoms with Gasteiger partial charge in [0, 0.05) is 43.5 Å². The van der Waals surface area contributed by atoms with Gasteiger partial charge in [0.1, 0.15) is 5.76 Å². The minimum absolute atomic E-state index is 0.0754. The Bertz CT molecular complexity index is 977. The Morgan fingerprint density at radius 3 is 3.00 bits per heavy atom. The van der Waals surface area contributed by atoms with E-state index in [9.17, 15) is 4.79 Å². The summed E-state index contributed by atoms with van der Waals surface area (Å²) in [7, 11) is 0. The van der Waals surface area contributed by atoms with Crippen LogP contribution in [0, 0.1) is 13.8 Å². The van der Waals surface area contributed by atoms with Crippen LogP contribution in [-0.4, -0.2) is 32.1 Å². The SMILES string of the molecule is Cc1cccc(Nc2noc3c2CN(C(=O)CC(C)n2ccnc2)CC3)c1C. The second-order valence-electron chi connectivity index (χ2n) is 7.43. The van der Waals surface area contributed by atoms with Gasteiger partial charge in [0.15, 0.2) is 5.82 Å². The molecule has 2 aromatic heterocycles. The van der Waals surface area contributed by atoms with Crippen molar-refractivity contribution in [2.24, 2.45) is 0 Å². The Balaban J connectivity index is 1.48. The number of nitrogens with one attached hydrogen (secondary N) is 1. The van der Waals surface area contributed by atoms with Crippen LogP contribution in [-0.2, 0) is 17.8 Å². The molecule has 0 spiro atoms. The Hall–Kier alpha value is -3.09. The van der Waals surface area contributed by atoms with E-state index in [4.69, 9.17) is 4.52 Å². The van der Waals surface area contributed by atoms with Gasteiger partial charge in [-0.05, 0) is 38.0 Å². The number of aromatic nitrogens is 3. The molecule has 0 fully saturated rings. The smallest absolute Gasteiger partial charge is 0.224 e. The van der Waals surface area contributed by atoms with Crippen molar-refractivity contribution < 1.29 is 9.32 Å². The monoisotopic (exact) mass is 379 g/mol. The highest BCUT2D eigenvalue weighted by Crippen LogP contribution is 2.30. The molecule has 0 bridgehead atoms. The molecule has 1 aliphatic heterocycles. The summed E-state index contributed by atoms with van der Waals surface area (Å²) in [5.74, 6) is 1.69. The number of imidazole rings is 1. The van der Waals surface area contributed by atoms with Gasteiger partial charge in [-0.25, -0.2) is 4.98 Å². The molecule has 1 unspecified atom stereocenters. The van der Waals surface area contributed by atoms with Gasteiger partial charge in [-0.3, -0.25) is 4.79 Å². The summed E-state index contributed by atoms with van der Waals surface area (Å²) in [4.78, 5) is 18.8. The third-order valence-electron chi connectivity index (χ3n) is 5.54. The molecule has 1 atom stereocenters. The molecule has 1 N–H and O–H groups in total. The van der Waals surface area contributed by atoms with Gasteiger partial charge in [-0.1, -0.05) is 17.3 Å². The normalized spacial score (nSPS) is 14.6. The summed E-state index contributed by atoms with van der Waals surface area (Å²) < 4.78 is 7.49. The first-order valence-corrected chi connectivity index (χ1v) is 9.59. The van der Waals surface area contributed by atoms with Crippen molar-refractivity contribution in [3.05, 3.63) is 59.4 Å². The van der Waals surface area contributed by atoms with E-state index in [1.54, 1.807) is 12.5 Å². The van der Waals surface area contributed by atoms with Crippen LogP contribution in [0.5, 0.6) is 0 Å². The van der Waals surface area contributed by atoms with Gasteiger partial charge in [0.25, 0.3) is 0 Å². The summed E-state index contributed by atoms with van der Waals surface area (Å²) in [5, 5.41) is 7.61. The molecular weight excluding hydrogens is 354 g/mol. The van der Waals surface area contributed by atoms with E-state index < -0.39 is 0 Å². The molecule has 7 heteroatoms. The molecule has 28 heavy (non-hydrogen) atoms. The first-order chi connectivity index (χ1) is 13.5. The van der Waals surface area contributed by atoms with Crippen molar-refractivity contribution in [1.29, 1.82) is 0 Å². The maximum Gasteiger partial charge on any atom is 0.224 e. The average Bonchev–Trinajstić information content (AvgIpc) is 3.35. The number of carbonyl (C=O) groups excluding carboxylic acids is 1. The minimum atomic E-state index is 0.0754. The van der Waals surface area contributed by atoms with Crippen molar-refractivity contribution in [2.75, 3.05) is 11.9 Å². The molecule has 0 aliphatic carbocycles. The van der Waals surface area contributed by atoms with Crippen LogP contribution in [0.25, 0.3) is 0 Å². The van der Waals surface area contributed by atoms with Gasteiger partial charge in [-0.2, -0.15) is 0 Å². The summed E-state index contributed by atoms with van der Waals surface area (Å²) in [5.41, 5.74) is 4.37. The Morgan fingerprint density at radius 1 is 1.36 bits per heavy atom. The van der Waals surface area contributed by atoms with Gasteiger partial charge >= 0.3 is 0 Å². The highest BCUT2D eigenvalue weighted by atomic mass is 16.5. The van der Waals surface area contributed by atoms with Crippen LogP contribution in [0.15, 0.2) is 41.4 Å². The van der Waals surface area contributed by atoms with E-state index >= 15 is 0 Å². The zero-order valence-corrected chi connectivity index (χ0v) is 16.5. The highest BCUT2D eigenvalue weighted by molar-refractivity contribution is 5.77. The Kier molecular flexibility index (Phi) is 4.90. The quantitative estimate of drug-likeness (QED) is 0.730. The summed E-state index contributed by atoms with van der Waals surface area (Å²) >= 11 is 0. The fourth-order valence-electron chi connectivity index (χ4n) is 3.55. The first-order valence-electron chi connectivity index (χ1n) is 9.59. The third-order valence-corrected chi connectivity index (χ3v) is 5.54. The zero-order valence-electron chi connectivity index (χ0n) is 16.5. The van der Waals surface area contributed by atoms with Crippen LogP contribution < -0.4 is 5.32 Å². The maximum atomic E-state index is 12.8. The van der Waals surface area contributed by atoms with Gasteiger partial charge in [0.05, 0.1) is 18.4 Å². The minimum Gasteiger partial charge on any atom is -0.359 e. The standard InChI is InChI=1S/C21H25N5O2/c1-14-5-4-6-18(16(14)3)23-21-17-12-25(9-7-19(17)28-24-21)20(27)11-15(2)26-10-8-22-13-26/h4-6,8,10,13,15H,7,9,11-12H2,1-3H3,(H,23,24). The summed E-state index contributed by atoms with van der Waals surface area (Å²) in [6.45, 7) is 7.36. The summed E-state index contributed by atoms with van der Waals surface area (Å²) in [6.07, 6.45) is 6.49. The fourth-order valence-corrected chi connectivity index (χ4v) is 3.55. The lowest BCUT2D eigenvalue weighted by molar-refractivity contribution is -0.132. The number of aryl methyl sites for hydroxylation is 1.